The molecule has 1 aromatic carbocycles. The first-order chi connectivity index (χ1) is 9.25. The van der Waals surface area contributed by atoms with Gasteiger partial charge in [-0.15, -0.1) is 0 Å². The molecule has 0 amide bonds. The van der Waals surface area contributed by atoms with Gasteiger partial charge in [0.25, 0.3) is 0 Å². The summed E-state index contributed by atoms with van der Waals surface area (Å²) in [5.41, 5.74) is 0.298. The molecule has 0 bridgehead atoms. The fourth-order valence-electron chi connectivity index (χ4n) is 1.49. The maximum Gasteiger partial charge on any atom is 0.220 e. The number of ether oxygens (including phenoxy) is 3. The van der Waals surface area contributed by atoms with E-state index in [1.54, 1.807) is 50.6 Å². The smallest absolute Gasteiger partial charge is 0.220 e. The van der Waals surface area contributed by atoms with Crippen LogP contribution >= 0.6 is 0 Å². The van der Waals surface area contributed by atoms with Crippen LogP contribution in [-0.2, 0) is 0 Å². The van der Waals surface area contributed by atoms with Crippen molar-refractivity contribution in [1.29, 1.82) is 5.26 Å². The Labute approximate surface area is 111 Å². The molecule has 2 aromatic rings. The van der Waals surface area contributed by atoms with E-state index in [2.05, 4.69) is 4.98 Å². The van der Waals surface area contributed by atoms with E-state index >= 15 is 0 Å². The van der Waals surface area contributed by atoms with Crippen LogP contribution in [0.4, 0.5) is 0 Å². The molecule has 96 valence electrons. The molecule has 19 heavy (non-hydrogen) atoms. The Balaban J connectivity index is 2.29. The first kappa shape index (κ1) is 12.7. The number of rotatable bonds is 4. The molecule has 0 saturated heterocycles. The fraction of sp³-hybridized carbons (Fsp3) is 0.143. The van der Waals surface area contributed by atoms with E-state index < -0.39 is 0 Å². The predicted octanol–water partition coefficient (Wildman–Crippen LogP) is 2.76. The molecule has 0 fully saturated rings. The van der Waals surface area contributed by atoms with Crippen LogP contribution in [0.3, 0.4) is 0 Å². The van der Waals surface area contributed by atoms with Gasteiger partial charge in [0.15, 0.2) is 0 Å². The molecule has 0 atom stereocenters. The van der Waals surface area contributed by atoms with E-state index in [-0.39, 0.29) is 0 Å². The molecule has 0 radical (unpaired) electrons. The van der Waals surface area contributed by atoms with Crippen molar-refractivity contribution in [3.8, 4) is 29.2 Å². The Morgan fingerprint density at radius 3 is 2.21 bits per heavy atom. The second kappa shape index (κ2) is 5.74. The zero-order chi connectivity index (χ0) is 13.7. The average Bonchev–Trinajstić information content (AvgIpc) is 2.47. The van der Waals surface area contributed by atoms with Crippen molar-refractivity contribution < 1.29 is 14.2 Å². The van der Waals surface area contributed by atoms with Crippen LogP contribution < -0.4 is 14.2 Å². The summed E-state index contributed by atoms with van der Waals surface area (Å²) in [6.45, 7) is 0. The molecule has 2 rings (SSSR count). The Hall–Kier alpha value is -2.74. The second-order valence-electron chi connectivity index (χ2n) is 3.62. The molecule has 0 spiro atoms. The molecule has 1 heterocycles. The normalized spacial score (nSPS) is 9.53. The van der Waals surface area contributed by atoms with Crippen LogP contribution in [0.1, 0.15) is 5.69 Å². The van der Waals surface area contributed by atoms with Crippen molar-refractivity contribution in [3.05, 3.63) is 42.1 Å². The van der Waals surface area contributed by atoms with Gasteiger partial charge in [0.05, 0.1) is 14.2 Å². The summed E-state index contributed by atoms with van der Waals surface area (Å²) >= 11 is 0. The molecule has 0 aliphatic carbocycles. The minimum Gasteiger partial charge on any atom is -0.496 e. The lowest BCUT2D eigenvalue weighted by molar-refractivity contribution is 0.385. The lowest BCUT2D eigenvalue weighted by atomic mass is 10.3. The van der Waals surface area contributed by atoms with Gasteiger partial charge in [0.2, 0.25) is 5.88 Å². The highest BCUT2D eigenvalue weighted by atomic mass is 16.5. The number of hydrogen-bond acceptors (Lipinski definition) is 5. The van der Waals surface area contributed by atoms with Gasteiger partial charge in [-0.2, -0.15) is 5.26 Å². The Bertz CT molecular complexity index is 598. The van der Waals surface area contributed by atoms with Gasteiger partial charge < -0.3 is 14.2 Å². The van der Waals surface area contributed by atoms with Gasteiger partial charge in [-0.25, -0.2) is 4.98 Å². The molecular weight excluding hydrogens is 244 g/mol. The van der Waals surface area contributed by atoms with Gasteiger partial charge in [-0.1, -0.05) is 6.07 Å². The van der Waals surface area contributed by atoms with Crippen LogP contribution in [0.5, 0.6) is 23.1 Å². The van der Waals surface area contributed by atoms with Crippen LogP contribution in [0.2, 0.25) is 0 Å². The molecule has 5 nitrogen and oxygen atoms in total. The summed E-state index contributed by atoms with van der Waals surface area (Å²) < 4.78 is 15.9. The number of nitrogens with zero attached hydrogens (tertiary/aromatic N) is 2. The molecule has 0 aliphatic heterocycles. The van der Waals surface area contributed by atoms with E-state index in [0.717, 1.165) is 0 Å². The van der Waals surface area contributed by atoms with Crippen molar-refractivity contribution in [3.63, 3.8) is 0 Å². The highest BCUT2D eigenvalue weighted by Gasteiger charge is 2.05. The standard InChI is InChI=1S/C14H12N2O3/c1-17-11-6-12(18-2)8-13(7-11)19-14-5-3-4-10(9-15)16-14/h3-8H,1-2H3. The number of benzene rings is 1. The maximum absolute atomic E-state index is 8.78. The molecule has 0 N–H and O–H groups in total. The lowest BCUT2D eigenvalue weighted by Crippen LogP contribution is -1.92. The number of aromatic nitrogens is 1. The van der Waals surface area contributed by atoms with Crippen LogP contribution in [0.15, 0.2) is 36.4 Å². The summed E-state index contributed by atoms with van der Waals surface area (Å²) in [6.07, 6.45) is 0. The Kier molecular flexibility index (Phi) is 3.84. The lowest BCUT2D eigenvalue weighted by Gasteiger charge is -2.09. The second-order valence-corrected chi connectivity index (χ2v) is 3.62. The summed E-state index contributed by atoms with van der Waals surface area (Å²) in [6, 6.07) is 12.1. The van der Waals surface area contributed by atoms with Gasteiger partial charge in [-0.3, -0.25) is 0 Å². The molecule has 5 heteroatoms. The monoisotopic (exact) mass is 256 g/mol. The van der Waals surface area contributed by atoms with Crippen LogP contribution in [-0.4, -0.2) is 19.2 Å². The summed E-state index contributed by atoms with van der Waals surface area (Å²) in [5, 5.41) is 8.78. The maximum atomic E-state index is 8.78. The zero-order valence-electron chi connectivity index (χ0n) is 10.6. The largest absolute Gasteiger partial charge is 0.496 e. The average molecular weight is 256 g/mol. The first-order valence-electron chi connectivity index (χ1n) is 5.53. The Morgan fingerprint density at radius 1 is 1.00 bits per heavy atom. The number of methoxy groups -OCH3 is 2. The topological polar surface area (TPSA) is 64.4 Å². The number of hydrogen-bond donors (Lipinski definition) is 0. The van der Waals surface area contributed by atoms with Crippen molar-refractivity contribution in [2.75, 3.05) is 14.2 Å². The van der Waals surface area contributed by atoms with E-state index in [9.17, 15) is 0 Å². The van der Waals surface area contributed by atoms with Crippen LogP contribution in [0, 0.1) is 11.3 Å². The molecular formula is C14H12N2O3. The molecule has 0 aliphatic rings. The Morgan fingerprint density at radius 2 is 1.63 bits per heavy atom. The molecule has 1 aromatic heterocycles. The minimum atomic E-state index is 0.298. The van der Waals surface area contributed by atoms with Crippen molar-refractivity contribution in [1.82, 2.24) is 4.98 Å². The van der Waals surface area contributed by atoms with E-state index in [1.807, 2.05) is 6.07 Å². The van der Waals surface area contributed by atoms with Crippen molar-refractivity contribution >= 4 is 0 Å². The van der Waals surface area contributed by atoms with Crippen LogP contribution in [0.25, 0.3) is 0 Å². The van der Waals surface area contributed by atoms with E-state index in [1.165, 1.54) is 0 Å². The fourth-order valence-corrected chi connectivity index (χ4v) is 1.49. The van der Waals surface area contributed by atoms with Gasteiger partial charge in [0, 0.05) is 24.3 Å². The number of pyridine rings is 1. The SMILES string of the molecule is COc1cc(OC)cc(Oc2cccc(C#N)n2)c1. The third kappa shape index (κ3) is 3.13. The zero-order valence-corrected chi connectivity index (χ0v) is 10.6. The first-order valence-corrected chi connectivity index (χ1v) is 5.53. The van der Waals surface area contributed by atoms with E-state index in [4.69, 9.17) is 19.5 Å². The van der Waals surface area contributed by atoms with Crippen molar-refractivity contribution in [2.45, 2.75) is 0 Å². The third-order valence-corrected chi connectivity index (χ3v) is 2.39. The van der Waals surface area contributed by atoms with Crippen molar-refractivity contribution in [2.24, 2.45) is 0 Å². The van der Waals surface area contributed by atoms with Gasteiger partial charge in [-0.05, 0) is 6.07 Å². The summed E-state index contributed by atoms with van der Waals surface area (Å²) in [4.78, 5) is 4.03. The quantitative estimate of drug-likeness (QED) is 0.841. The number of nitriles is 1. The van der Waals surface area contributed by atoms with Gasteiger partial charge in [0.1, 0.15) is 29.0 Å². The third-order valence-electron chi connectivity index (χ3n) is 2.39. The van der Waals surface area contributed by atoms with E-state index in [0.29, 0.717) is 28.8 Å². The summed E-state index contributed by atoms with van der Waals surface area (Å²) in [7, 11) is 3.13. The molecule has 0 saturated carbocycles. The highest BCUT2D eigenvalue weighted by Crippen LogP contribution is 2.30. The predicted molar refractivity (Wildman–Crippen MR) is 68.6 cm³/mol. The molecule has 0 unspecified atom stereocenters. The summed E-state index contributed by atoms with van der Waals surface area (Å²) in [5.74, 6) is 2.10. The highest BCUT2D eigenvalue weighted by molar-refractivity contribution is 5.43. The minimum absolute atomic E-state index is 0.298. The van der Waals surface area contributed by atoms with Gasteiger partial charge >= 0.3 is 0 Å².